The fraction of sp³-hybridized carbons (Fsp3) is 0.207. The molecule has 0 spiro atoms. The lowest BCUT2D eigenvalue weighted by molar-refractivity contribution is 0.340. The fourth-order valence-electron chi connectivity index (χ4n) is 3.99. The third-order valence-electron chi connectivity index (χ3n) is 5.97. The molecular weight excluding hydrogens is 486 g/mol. The normalized spacial score (nSPS) is 11.1. The molecule has 5 rings (SSSR count). The summed E-state index contributed by atoms with van der Waals surface area (Å²) < 4.78 is 18.5. The van der Waals surface area contributed by atoms with E-state index in [1.807, 2.05) is 86.6 Å². The van der Waals surface area contributed by atoms with E-state index >= 15 is 0 Å². The van der Waals surface area contributed by atoms with Gasteiger partial charge in [-0.3, -0.25) is 9.36 Å². The molecule has 0 aliphatic rings. The van der Waals surface area contributed by atoms with E-state index in [2.05, 4.69) is 0 Å². The van der Waals surface area contributed by atoms with Crippen molar-refractivity contribution in [1.29, 1.82) is 0 Å². The van der Waals surface area contributed by atoms with E-state index in [4.69, 9.17) is 23.9 Å². The van der Waals surface area contributed by atoms with Gasteiger partial charge in [-0.25, -0.2) is 9.97 Å². The molecule has 0 N–H and O–H groups in total. The van der Waals surface area contributed by atoms with Crippen LogP contribution in [0.3, 0.4) is 0 Å². The second kappa shape index (κ2) is 10.9. The van der Waals surface area contributed by atoms with Crippen molar-refractivity contribution in [2.75, 3.05) is 13.7 Å². The van der Waals surface area contributed by atoms with Gasteiger partial charge in [0.15, 0.2) is 5.16 Å². The standard InChI is InChI=1S/C29H27N3O4S/c1-4-35-23-15-11-21(12-16-23)27-30-26(19(2)36-27)18-37-29-31-25-8-6-5-7-24(25)28(33)32(29)17-20-9-13-22(34-3)14-10-20/h5-16H,4,17-18H2,1-3H3. The van der Waals surface area contributed by atoms with Crippen LogP contribution in [0.5, 0.6) is 11.5 Å². The first-order chi connectivity index (χ1) is 18.1. The molecule has 0 saturated heterocycles. The molecule has 8 heteroatoms. The third-order valence-corrected chi connectivity index (χ3v) is 6.96. The number of benzene rings is 3. The molecule has 0 amide bonds. The number of aryl methyl sites for hydroxylation is 1. The van der Waals surface area contributed by atoms with Crippen LogP contribution in [0.4, 0.5) is 0 Å². The van der Waals surface area contributed by atoms with Gasteiger partial charge in [-0.2, -0.15) is 0 Å². The lowest BCUT2D eigenvalue weighted by atomic mass is 10.2. The molecule has 0 atom stereocenters. The summed E-state index contributed by atoms with van der Waals surface area (Å²) in [5, 5.41) is 1.22. The van der Waals surface area contributed by atoms with Gasteiger partial charge in [0.1, 0.15) is 17.3 Å². The van der Waals surface area contributed by atoms with Gasteiger partial charge in [-0.1, -0.05) is 36.0 Å². The van der Waals surface area contributed by atoms with Crippen LogP contribution in [0.1, 0.15) is 23.9 Å². The number of methoxy groups -OCH3 is 1. The molecule has 3 aromatic carbocycles. The van der Waals surface area contributed by atoms with Crippen molar-refractivity contribution in [3.8, 4) is 23.0 Å². The Bertz CT molecular complexity index is 1570. The van der Waals surface area contributed by atoms with E-state index in [0.29, 0.717) is 40.9 Å². The minimum atomic E-state index is -0.0733. The van der Waals surface area contributed by atoms with Crippen LogP contribution in [0.15, 0.2) is 87.2 Å². The molecule has 2 aromatic heterocycles. The molecule has 0 aliphatic carbocycles. The zero-order valence-corrected chi connectivity index (χ0v) is 21.7. The number of hydrogen-bond acceptors (Lipinski definition) is 7. The molecule has 5 aromatic rings. The molecule has 0 fully saturated rings. The number of ether oxygens (including phenoxy) is 2. The summed E-state index contributed by atoms with van der Waals surface area (Å²) in [6.45, 7) is 4.87. The molecule has 7 nitrogen and oxygen atoms in total. The highest BCUT2D eigenvalue weighted by Crippen LogP contribution is 2.28. The van der Waals surface area contributed by atoms with Gasteiger partial charge in [0, 0.05) is 11.3 Å². The Kier molecular flexibility index (Phi) is 7.28. The van der Waals surface area contributed by atoms with Gasteiger partial charge in [0.2, 0.25) is 5.89 Å². The predicted octanol–water partition coefficient (Wildman–Crippen LogP) is 6.11. The van der Waals surface area contributed by atoms with Crippen molar-refractivity contribution >= 4 is 22.7 Å². The smallest absolute Gasteiger partial charge is 0.262 e. The highest BCUT2D eigenvalue weighted by atomic mass is 32.2. The number of aromatic nitrogens is 3. The summed E-state index contributed by atoms with van der Waals surface area (Å²) in [5.74, 6) is 3.38. The van der Waals surface area contributed by atoms with Crippen molar-refractivity contribution in [3.63, 3.8) is 0 Å². The lowest BCUT2D eigenvalue weighted by Gasteiger charge is -2.13. The molecule has 2 heterocycles. The minimum Gasteiger partial charge on any atom is -0.497 e. The van der Waals surface area contributed by atoms with Crippen molar-refractivity contribution in [1.82, 2.24) is 14.5 Å². The third kappa shape index (κ3) is 5.39. The lowest BCUT2D eigenvalue weighted by Crippen LogP contribution is -2.24. The number of rotatable bonds is 9. The van der Waals surface area contributed by atoms with E-state index in [-0.39, 0.29) is 5.56 Å². The highest BCUT2D eigenvalue weighted by molar-refractivity contribution is 7.98. The number of nitrogens with zero attached hydrogens (tertiary/aromatic N) is 3. The van der Waals surface area contributed by atoms with Crippen LogP contribution < -0.4 is 15.0 Å². The number of hydrogen-bond donors (Lipinski definition) is 0. The Morgan fingerprint density at radius 2 is 1.68 bits per heavy atom. The summed E-state index contributed by atoms with van der Waals surface area (Å²) in [4.78, 5) is 23.0. The average Bonchev–Trinajstić information content (AvgIpc) is 3.30. The van der Waals surface area contributed by atoms with E-state index in [9.17, 15) is 4.79 Å². The summed E-state index contributed by atoms with van der Waals surface area (Å²) >= 11 is 1.47. The minimum absolute atomic E-state index is 0.0733. The zero-order chi connectivity index (χ0) is 25.8. The number of thioether (sulfide) groups is 1. The van der Waals surface area contributed by atoms with Gasteiger partial charge in [-0.15, -0.1) is 0 Å². The van der Waals surface area contributed by atoms with E-state index in [1.54, 1.807) is 11.7 Å². The van der Waals surface area contributed by atoms with Crippen molar-refractivity contribution in [3.05, 3.63) is 100 Å². The maximum absolute atomic E-state index is 13.5. The topological polar surface area (TPSA) is 79.4 Å². The fourth-order valence-corrected chi connectivity index (χ4v) is 4.99. The molecule has 37 heavy (non-hydrogen) atoms. The molecule has 0 unspecified atom stereocenters. The Balaban J connectivity index is 1.43. The first-order valence-electron chi connectivity index (χ1n) is 12.0. The Morgan fingerprint density at radius 1 is 0.946 bits per heavy atom. The van der Waals surface area contributed by atoms with Crippen LogP contribution in [-0.4, -0.2) is 28.3 Å². The maximum atomic E-state index is 13.5. The quantitative estimate of drug-likeness (QED) is 0.174. The van der Waals surface area contributed by atoms with Gasteiger partial charge >= 0.3 is 0 Å². The predicted molar refractivity (Wildman–Crippen MR) is 146 cm³/mol. The Labute approximate surface area is 219 Å². The Hall–Kier alpha value is -4.04. The molecule has 0 aliphatic heterocycles. The Morgan fingerprint density at radius 3 is 2.41 bits per heavy atom. The largest absolute Gasteiger partial charge is 0.497 e. The summed E-state index contributed by atoms with van der Waals surface area (Å²) in [6.07, 6.45) is 0. The van der Waals surface area contributed by atoms with E-state index < -0.39 is 0 Å². The first-order valence-corrected chi connectivity index (χ1v) is 13.0. The summed E-state index contributed by atoms with van der Waals surface area (Å²) in [7, 11) is 1.63. The molecule has 0 bridgehead atoms. The van der Waals surface area contributed by atoms with Crippen LogP contribution in [0.2, 0.25) is 0 Å². The summed E-state index contributed by atoms with van der Waals surface area (Å²) in [6, 6.07) is 22.8. The highest BCUT2D eigenvalue weighted by Gasteiger charge is 2.16. The van der Waals surface area contributed by atoms with Crippen molar-refractivity contribution in [2.45, 2.75) is 31.3 Å². The molecule has 0 saturated carbocycles. The van der Waals surface area contributed by atoms with Crippen molar-refractivity contribution in [2.24, 2.45) is 0 Å². The molecule has 188 valence electrons. The van der Waals surface area contributed by atoms with E-state index in [0.717, 1.165) is 34.1 Å². The SMILES string of the molecule is CCOc1ccc(-c2nc(CSc3nc4ccccc4c(=O)n3Cc3ccc(OC)cc3)c(C)o2)cc1. The number of oxazole rings is 1. The summed E-state index contributed by atoms with van der Waals surface area (Å²) in [5.41, 5.74) is 3.27. The van der Waals surface area contributed by atoms with Crippen LogP contribution in [0.25, 0.3) is 22.4 Å². The molecular formula is C29H27N3O4S. The second-order valence-electron chi connectivity index (χ2n) is 8.42. The average molecular weight is 514 g/mol. The maximum Gasteiger partial charge on any atom is 0.262 e. The monoisotopic (exact) mass is 513 g/mol. The van der Waals surface area contributed by atoms with Crippen molar-refractivity contribution < 1.29 is 13.9 Å². The van der Waals surface area contributed by atoms with Gasteiger partial charge in [-0.05, 0) is 67.9 Å². The van der Waals surface area contributed by atoms with Gasteiger partial charge < -0.3 is 13.9 Å². The number of fused-ring (bicyclic) bond motifs is 1. The van der Waals surface area contributed by atoms with Gasteiger partial charge in [0.05, 0.1) is 36.9 Å². The first kappa shape index (κ1) is 24.6. The van der Waals surface area contributed by atoms with Crippen LogP contribution in [0, 0.1) is 6.92 Å². The number of para-hydroxylation sites is 1. The van der Waals surface area contributed by atoms with Gasteiger partial charge in [0.25, 0.3) is 5.56 Å². The van der Waals surface area contributed by atoms with Crippen LogP contribution >= 0.6 is 11.8 Å². The van der Waals surface area contributed by atoms with Crippen LogP contribution in [-0.2, 0) is 12.3 Å². The molecule has 0 radical (unpaired) electrons. The second-order valence-corrected chi connectivity index (χ2v) is 9.36. The van der Waals surface area contributed by atoms with E-state index in [1.165, 1.54) is 11.8 Å². The zero-order valence-electron chi connectivity index (χ0n) is 20.9.